The second kappa shape index (κ2) is 5.13. The van der Waals surface area contributed by atoms with Crippen LogP contribution in [0.4, 0.5) is 0 Å². The maximum absolute atomic E-state index is 12.5. The molecule has 6 nitrogen and oxygen atoms in total. The normalized spacial score (nSPS) is 17.8. The van der Waals surface area contributed by atoms with Gasteiger partial charge in [0.05, 0.1) is 11.5 Å². The van der Waals surface area contributed by atoms with E-state index in [1.807, 2.05) is 6.07 Å². The fourth-order valence-electron chi connectivity index (χ4n) is 2.33. The van der Waals surface area contributed by atoms with Gasteiger partial charge in [0.2, 0.25) is 10.0 Å². The Labute approximate surface area is 123 Å². The van der Waals surface area contributed by atoms with Crippen molar-refractivity contribution in [1.82, 2.24) is 4.72 Å². The molecule has 1 atom stereocenters. The summed E-state index contributed by atoms with van der Waals surface area (Å²) in [5.74, 6) is -1.86. The van der Waals surface area contributed by atoms with Gasteiger partial charge in [-0.05, 0) is 31.4 Å². The van der Waals surface area contributed by atoms with Crippen molar-refractivity contribution in [3.63, 3.8) is 0 Å². The Kier molecular flexibility index (Phi) is 3.78. The van der Waals surface area contributed by atoms with Crippen molar-refractivity contribution in [3.8, 4) is 6.07 Å². The van der Waals surface area contributed by atoms with Crippen molar-refractivity contribution in [1.29, 1.82) is 5.26 Å². The van der Waals surface area contributed by atoms with Crippen molar-refractivity contribution in [2.45, 2.75) is 37.1 Å². The highest BCUT2D eigenvalue weighted by Gasteiger charge is 2.53. The standard InChI is InChI=1S/C14H16N2O4S/c1-9-4-3-5-12(11(9)8-15)21(19,20)16-14(6-7-14)10(2)13(17)18/h3-5,10,16H,6-7H2,1-2H3,(H,17,18). The Balaban J connectivity index is 2.40. The van der Waals surface area contributed by atoms with Gasteiger partial charge in [0.1, 0.15) is 11.0 Å². The smallest absolute Gasteiger partial charge is 0.308 e. The first-order valence-corrected chi connectivity index (χ1v) is 7.98. The summed E-state index contributed by atoms with van der Waals surface area (Å²) in [6.07, 6.45) is 0.959. The van der Waals surface area contributed by atoms with Gasteiger partial charge in [-0.15, -0.1) is 0 Å². The number of hydrogen-bond acceptors (Lipinski definition) is 4. The molecule has 0 saturated heterocycles. The molecule has 1 unspecified atom stereocenters. The van der Waals surface area contributed by atoms with Crippen LogP contribution in [-0.2, 0) is 14.8 Å². The molecule has 21 heavy (non-hydrogen) atoms. The summed E-state index contributed by atoms with van der Waals surface area (Å²) in [5, 5.41) is 18.2. The lowest BCUT2D eigenvalue weighted by Gasteiger charge is -2.21. The molecule has 1 aromatic carbocycles. The number of carboxylic acid groups (broad SMARTS) is 1. The van der Waals surface area contributed by atoms with Crippen LogP contribution >= 0.6 is 0 Å². The topological polar surface area (TPSA) is 107 Å². The minimum absolute atomic E-state index is 0.0868. The Bertz CT molecular complexity index is 730. The van der Waals surface area contributed by atoms with Crippen LogP contribution in [0.3, 0.4) is 0 Å². The van der Waals surface area contributed by atoms with Gasteiger partial charge in [0, 0.05) is 5.54 Å². The number of aliphatic carboxylic acids is 1. The number of hydrogen-bond donors (Lipinski definition) is 2. The van der Waals surface area contributed by atoms with Gasteiger partial charge in [0.15, 0.2) is 0 Å². The van der Waals surface area contributed by atoms with Gasteiger partial charge >= 0.3 is 5.97 Å². The lowest BCUT2D eigenvalue weighted by molar-refractivity contribution is -0.142. The summed E-state index contributed by atoms with van der Waals surface area (Å²) < 4.78 is 27.5. The maximum Gasteiger partial charge on any atom is 0.308 e. The molecule has 0 amide bonds. The quantitative estimate of drug-likeness (QED) is 0.855. The Hall–Kier alpha value is -1.91. The van der Waals surface area contributed by atoms with E-state index in [2.05, 4.69) is 4.72 Å². The zero-order valence-electron chi connectivity index (χ0n) is 11.8. The maximum atomic E-state index is 12.5. The predicted octanol–water partition coefficient (Wildman–Crippen LogP) is 1.40. The minimum atomic E-state index is -3.94. The first kappa shape index (κ1) is 15.5. The van der Waals surface area contributed by atoms with Crippen molar-refractivity contribution in [3.05, 3.63) is 29.3 Å². The molecule has 0 aliphatic heterocycles. The van der Waals surface area contributed by atoms with E-state index < -0.39 is 27.4 Å². The average Bonchev–Trinajstić information content (AvgIpc) is 3.17. The molecule has 2 N–H and O–H groups in total. The van der Waals surface area contributed by atoms with E-state index in [0.29, 0.717) is 18.4 Å². The summed E-state index contributed by atoms with van der Waals surface area (Å²) in [5.41, 5.74) is -0.290. The van der Waals surface area contributed by atoms with Gasteiger partial charge in [-0.25, -0.2) is 13.1 Å². The number of rotatable bonds is 5. The van der Waals surface area contributed by atoms with E-state index in [9.17, 15) is 13.2 Å². The number of carbonyl (C=O) groups is 1. The number of nitriles is 1. The summed E-state index contributed by atoms with van der Waals surface area (Å²) >= 11 is 0. The second-order valence-electron chi connectivity index (χ2n) is 5.38. The van der Waals surface area contributed by atoms with Crippen molar-refractivity contribution in [2.75, 3.05) is 0 Å². The Morgan fingerprint density at radius 1 is 1.48 bits per heavy atom. The fraction of sp³-hybridized carbons (Fsp3) is 0.429. The van der Waals surface area contributed by atoms with E-state index in [-0.39, 0.29) is 10.5 Å². The zero-order chi connectivity index (χ0) is 15.8. The average molecular weight is 308 g/mol. The molecule has 1 aliphatic rings. The lowest BCUT2D eigenvalue weighted by atomic mass is 10.0. The highest BCUT2D eigenvalue weighted by molar-refractivity contribution is 7.89. The monoisotopic (exact) mass is 308 g/mol. The lowest BCUT2D eigenvalue weighted by Crippen LogP contribution is -2.44. The molecule has 0 heterocycles. The van der Waals surface area contributed by atoms with Gasteiger partial charge in [-0.2, -0.15) is 5.26 Å². The van der Waals surface area contributed by atoms with Crippen LogP contribution in [0, 0.1) is 24.2 Å². The van der Waals surface area contributed by atoms with Crippen molar-refractivity contribution in [2.24, 2.45) is 5.92 Å². The molecular weight excluding hydrogens is 292 g/mol. The minimum Gasteiger partial charge on any atom is -0.481 e. The highest BCUT2D eigenvalue weighted by Crippen LogP contribution is 2.43. The van der Waals surface area contributed by atoms with Crippen LogP contribution < -0.4 is 4.72 Å². The first-order valence-electron chi connectivity index (χ1n) is 6.50. The van der Waals surface area contributed by atoms with Gasteiger partial charge in [-0.3, -0.25) is 4.79 Å². The third-order valence-electron chi connectivity index (χ3n) is 3.96. The molecule has 0 aromatic heterocycles. The SMILES string of the molecule is Cc1cccc(S(=O)(=O)NC2(C(C)C(=O)O)CC2)c1C#N. The number of benzene rings is 1. The van der Waals surface area contributed by atoms with Crippen LogP contribution in [-0.4, -0.2) is 25.0 Å². The van der Waals surface area contributed by atoms with E-state index in [0.717, 1.165) is 0 Å². The summed E-state index contributed by atoms with van der Waals surface area (Å²) in [6.45, 7) is 3.14. The van der Waals surface area contributed by atoms with Crippen molar-refractivity contribution >= 4 is 16.0 Å². The second-order valence-corrected chi connectivity index (χ2v) is 7.03. The number of aryl methyl sites for hydroxylation is 1. The first-order chi connectivity index (χ1) is 9.73. The molecule has 2 rings (SSSR count). The zero-order valence-corrected chi connectivity index (χ0v) is 12.6. The van der Waals surface area contributed by atoms with E-state index in [4.69, 9.17) is 10.4 Å². The number of nitrogens with one attached hydrogen (secondary N) is 1. The van der Waals surface area contributed by atoms with Crippen molar-refractivity contribution < 1.29 is 18.3 Å². The summed E-state index contributed by atoms with van der Waals surface area (Å²) in [6, 6.07) is 6.47. The molecule has 1 fully saturated rings. The van der Waals surface area contributed by atoms with Gasteiger partial charge in [-0.1, -0.05) is 19.1 Å². The largest absolute Gasteiger partial charge is 0.481 e. The molecular formula is C14H16N2O4S. The number of nitrogens with zero attached hydrogens (tertiary/aromatic N) is 1. The molecule has 1 aromatic rings. The Morgan fingerprint density at radius 2 is 2.10 bits per heavy atom. The van der Waals surface area contributed by atoms with E-state index in [1.165, 1.54) is 13.0 Å². The predicted molar refractivity (Wildman–Crippen MR) is 75.0 cm³/mol. The van der Waals surface area contributed by atoms with E-state index >= 15 is 0 Å². The third kappa shape index (κ3) is 2.77. The van der Waals surface area contributed by atoms with Crippen LogP contribution in [0.15, 0.2) is 23.1 Å². The van der Waals surface area contributed by atoms with Crippen LogP contribution in [0.5, 0.6) is 0 Å². The number of carboxylic acids is 1. The third-order valence-corrected chi connectivity index (χ3v) is 5.56. The van der Waals surface area contributed by atoms with Gasteiger partial charge < -0.3 is 5.11 Å². The van der Waals surface area contributed by atoms with Crippen LogP contribution in [0.1, 0.15) is 30.9 Å². The molecule has 1 saturated carbocycles. The fourth-order valence-corrected chi connectivity index (χ4v) is 4.08. The highest BCUT2D eigenvalue weighted by atomic mass is 32.2. The van der Waals surface area contributed by atoms with Crippen LogP contribution in [0.25, 0.3) is 0 Å². The van der Waals surface area contributed by atoms with Gasteiger partial charge in [0.25, 0.3) is 0 Å². The summed E-state index contributed by atoms with van der Waals surface area (Å²) in [7, 11) is -3.94. The molecule has 0 spiro atoms. The summed E-state index contributed by atoms with van der Waals surface area (Å²) in [4.78, 5) is 11.0. The molecule has 7 heteroatoms. The van der Waals surface area contributed by atoms with Crippen LogP contribution in [0.2, 0.25) is 0 Å². The number of sulfonamides is 1. The molecule has 1 aliphatic carbocycles. The van der Waals surface area contributed by atoms with E-state index in [1.54, 1.807) is 19.1 Å². The molecule has 0 radical (unpaired) electrons. The Morgan fingerprint density at radius 3 is 2.57 bits per heavy atom. The molecule has 0 bridgehead atoms. The molecule has 112 valence electrons.